The lowest BCUT2D eigenvalue weighted by molar-refractivity contribution is 0.0343. The first-order chi connectivity index (χ1) is 9.01. The van der Waals surface area contributed by atoms with Crippen LogP contribution in [0.15, 0.2) is 15.9 Å². The van der Waals surface area contributed by atoms with E-state index in [9.17, 15) is 5.11 Å². The van der Waals surface area contributed by atoms with Gasteiger partial charge in [-0.3, -0.25) is 4.90 Å². The molecule has 3 nitrogen and oxygen atoms in total. The van der Waals surface area contributed by atoms with Crippen molar-refractivity contribution < 1.29 is 9.84 Å². The van der Waals surface area contributed by atoms with E-state index >= 15 is 0 Å². The van der Waals surface area contributed by atoms with Gasteiger partial charge < -0.3 is 9.84 Å². The van der Waals surface area contributed by atoms with Crippen LogP contribution >= 0.6 is 27.3 Å². The second kappa shape index (κ2) is 9.08. The van der Waals surface area contributed by atoms with Gasteiger partial charge in [-0.05, 0) is 54.9 Å². The zero-order chi connectivity index (χ0) is 14.3. The molecule has 0 aliphatic rings. The predicted molar refractivity (Wildman–Crippen MR) is 84.7 cm³/mol. The molecular weight excluding hydrogens is 326 g/mol. The summed E-state index contributed by atoms with van der Waals surface area (Å²) in [6.07, 6.45) is 0.614. The van der Waals surface area contributed by atoms with Crippen molar-refractivity contribution in [3.63, 3.8) is 0 Å². The van der Waals surface area contributed by atoms with Gasteiger partial charge in [0.2, 0.25) is 0 Å². The van der Waals surface area contributed by atoms with Crippen LogP contribution in [0.3, 0.4) is 0 Å². The summed E-state index contributed by atoms with van der Waals surface area (Å²) in [5.74, 6) is 0. The van der Waals surface area contributed by atoms with E-state index in [2.05, 4.69) is 39.9 Å². The summed E-state index contributed by atoms with van der Waals surface area (Å²) in [5, 5.41) is 10.0. The molecule has 110 valence electrons. The highest BCUT2D eigenvalue weighted by Crippen LogP contribution is 2.23. The lowest BCUT2D eigenvalue weighted by Crippen LogP contribution is -2.32. The molecule has 0 aliphatic heterocycles. The smallest absolute Gasteiger partial charge is 0.0701 e. The van der Waals surface area contributed by atoms with Gasteiger partial charge in [0.1, 0.15) is 0 Å². The summed E-state index contributed by atoms with van der Waals surface area (Å²) in [5.41, 5.74) is 0. The molecule has 1 aromatic heterocycles. The number of hydrogen-bond donors (Lipinski definition) is 1. The van der Waals surface area contributed by atoms with Crippen molar-refractivity contribution in [1.82, 2.24) is 4.90 Å². The fourth-order valence-electron chi connectivity index (χ4n) is 1.79. The summed E-state index contributed by atoms with van der Waals surface area (Å²) < 4.78 is 6.62. The first kappa shape index (κ1) is 17.1. The molecule has 0 spiro atoms. The van der Waals surface area contributed by atoms with Crippen LogP contribution in [0.2, 0.25) is 0 Å². The quantitative estimate of drug-likeness (QED) is 0.740. The van der Waals surface area contributed by atoms with Crippen molar-refractivity contribution >= 4 is 27.3 Å². The number of nitrogens with zero attached hydrogens (tertiary/aromatic N) is 1. The number of aliphatic hydroxyl groups excluding tert-OH is 1. The van der Waals surface area contributed by atoms with Gasteiger partial charge in [0.15, 0.2) is 0 Å². The Bertz CT molecular complexity index is 357. The highest BCUT2D eigenvalue weighted by atomic mass is 79.9. The third-order valence-electron chi connectivity index (χ3n) is 2.83. The van der Waals surface area contributed by atoms with Gasteiger partial charge in [0.05, 0.1) is 16.0 Å². The minimum Gasteiger partial charge on any atom is -0.392 e. The molecular formula is C14H24BrNO2S. The molecule has 0 bridgehead atoms. The molecule has 0 amide bonds. The average molecular weight is 350 g/mol. The summed E-state index contributed by atoms with van der Waals surface area (Å²) in [6, 6.07) is 4.20. The van der Waals surface area contributed by atoms with E-state index < -0.39 is 0 Å². The minimum absolute atomic E-state index is 0.234. The number of ether oxygens (including phenoxy) is 1. The van der Waals surface area contributed by atoms with Gasteiger partial charge in [-0.25, -0.2) is 0 Å². The van der Waals surface area contributed by atoms with E-state index in [-0.39, 0.29) is 12.2 Å². The maximum absolute atomic E-state index is 10.0. The summed E-state index contributed by atoms with van der Waals surface area (Å²) in [4.78, 5) is 3.58. The molecule has 1 heterocycles. The summed E-state index contributed by atoms with van der Waals surface area (Å²) in [6.45, 7) is 9.32. The monoisotopic (exact) mass is 349 g/mol. The summed E-state index contributed by atoms with van der Waals surface area (Å²) >= 11 is 5.23. The van der Waals surface area contributed by atoms with Crippen LogP contribution in [0, 0.1) is 0 Å². The van der Waals surface area contributed by atoms with Crippen LogP contribution in [0.4, 0.5) is 0 Å². The largest absolute Gasteiger partial charge is 0.392 e. The Morgan fingerprint density at radius 3 is 2.68 bits per heavy atom. The molecule has 0 saturated heterocycles. The maximum Gasteiger partial charge on any atom is 0.0701 e. The molecule has 0 aliphatic carbocycles. The highest BCUT2D eigenvalue weighted by Gasteiger charge is 2.12. The van der Waals surface area contributed by atoms with Crippen LogP contribution in [0.5, 0.6) is 0 Å². The van der Waals surface area contributed by atoms with Crippen LogP contribution in [-0.2, 0) is 11.3 Å². The second-order valence-electron chi connectivity index (χ2n) is 4.90. The van der Waals surface area contributed by atoms with E-state index in [4.69, 9.17) is 4.74 Å². The van der Waals surface area contributed by atoms with E-state index in [0.717, 1.165) is 16.9 Å². The van der Waals surface area contributed by atoms with Crippen LogP contribution < -0.4 is 0 Å². The number of thiophene rings is 1. The van der Waals surface area contributed by atoms with Crippen LogP contribution in [0.1, 0.15) is 32.1 Å². The first-order valence-corrected chi connectivity index (χ1v) is 8.38. The third kappa shape index (κ3) is 7.42. The number of rotatable bonds is 9. The molecule has 0 fully saturated rings. The van der Waals surface area contributed by atoms with Crippen molar-refractivity contribution in [2.45, 2.75) is 45.9 Å². The zero-order valence-electron chi connectivity index (χ0n) is 11.9. The molecule has 19 heavy (non-hydrogen) atoms. The Kier molecular flexibility index (Phi) is 8.18. The fraction of sp³-hybridized carbons (Fsp3) is 0.714. The molecule has 0 saturated carbocycles. The lowest BCUT2D eigenvalue weighted by Gasteiger charge is -2.23. The van der Waals surface area contributed by atoms with Gasteiger partial charge >= 0.3 is 0 Å². The second-order valence-corrected chi connectivity index (χ2v) is 7.44. The Balaban J connectivity index is 2.30. The van der Waals surface area contributed by atoms with Gasteiger partial charge in [0, 0.05) is 24.6 Å². The standard InChI is InChI=1S/C14H24BrNO2S/c1-4-16(10-13-5-6-14(15)19-13)9-12(17)7-8-18-11(2)3/h5-6,11-12,17H,4,7-10H2,1-3H3/t12-/m0/s1. The van der Waals surface area contributed by atoms with E-state index in [1.54, 1.807) is 11.3 Å². The lowest BCUT2D eigenvalue weighted by atomic mass is 10.2. The van der Waals surface area contributed by atoms with Crippen molar-refractivity contribution in [1.29, 1.82) is 0 Å². The van der Waals surface area contributed by atoms with E-state index in [1.807, 2.05) is 13.8 Å². The normalized spacial score (nSPS) is 13.4. The molecule has 1 aromatic rings. The molecule has 1 rings (SSSR count). The predicted octanol–water partition coefficient (Wildman–Crippen LogP) is 3.51. The summed E-state index contributed by atoms with van der Waals surface area (Å²) in [7, 11) is 0. The molecule has 0 unspecified atom stereocenters. The number of aliphatic hydroxyl groups is 1. The minimum atomic E-state index is -0.317. The molecule has 1 N–H and O–H groups in total. The van der Waals surface area contributed by atoms with Crippen molar-refractivity contribution in [3.8, 4) is 0 Å². The molecule has 0 radical (unpaired) electrons. The zero-order valence-corrected chi connectivity index (χ0v) is 14.3. The SMILES string of the molecule is CCN(Cc1ccc(Br)s1)C[C@@H](O)CCOC(C)C. The van der Waals surface area contributed by atoms with Crippen molar-refractivity contribution in [3.05, 3.63) is 20.8 Å². The van der Waals surface area contributed by atoms with E-state index in [1.165, 1.54) is 4.88 Å². The molecule has 1 atom stereocenters. The number of halogens is 1. The van der Waals surface area contributed by atoms with Crippen LogP contribution in [0.25, 0.3) is 0 Å². The van der Waals surface area contributed by atoms with Gasteiger partial charge in [-0.1, -0.05) is 6.92 Å². The Morgan fingerprint density at radius 1 is 1.42 bits per heavy atom. The van der Waals surface area contributed by atoms with Crippen molar-refractivity contribution in [2.24, 2.45) is 0 Å². The highest BCUT2D eigenvalue weighted by molar-refractivity contribution is 9.11. The van der Waals surface area contributed by atoms with Gasteiger partial charge in [-0.2, -0.15) is 0 Å². The first-order valence-electron chi connectivity index (χ1n) is 6.77. The fourth-order valence-corrected chi connectivity index (χ4v) is 3.32. The molecule has 5 heteroatoms. The number of hydrogen-bond acceptors (Lipinski definition) is 4. The average Bonchev–Trinajstić information content (AvgIpc) is 2.73. The Morgan fingerprint density at radius 2 is 2.16 bits per heavy atom. The number of likely N-dealkylation sites (N-methyl/N-ethyl adjacent to an activating group) is 1. The Hall–Kier alpha value is 0.0600. The topological polar surface area (TPSA) is 32.7 Å². The maximum atomic E-state index is 10.0. The third-order valence-corrected chi connectivity index (χ3v) is 4.44. The molecule has 0 aromatic carbocycles. The van der Waals surface area contributed by atoms with Gasteiger partial charge in [-0.15, -0.1) is 11.3 Å². The Labute approximate surface area is 128 Å². The van der Waals surface area contributed by atoms with Crippen LogP contribution in [-0.4, -0.2) is 41.9 Å². The van der Waals surface area contributed by atoms with Crippen molar-refractivity contribution in [2.75, 3.05) is 19.7 Å². The van der Waals surface area contributed by atoms with Gasteiger partial charge in [0.25, 0.3) is 0 Å². The van der Waals surface area contributed by atoms with E-state index in [0.29, 0.717) is 19.6 Å².